The highest BCUT2D eigenvalue weighted by Crippen LogP contribution is 2.17. The van der Waals surface area contributed by atoms with Gasteiger partial charge in [0.25, 0.3) is 0 Å². The van der Waals surface area contributed by atoms with Gasteiger partial charge in [0, 0.05) is 33.3 Å². The number of methoxy groups -OCH3 is 1. The first-order chi connectivity index (χ1) is 12.1. The second-order valence-electron chi connectivity index (χ2n) is 6.37. The second-order valence-corrected chi connectivity index (χ2v) is 6.37. The number of amides is 1. The van der Waals surface area contributed by atoms with Crippen molar-refractivity contribution >= 4 is 11.9 Å². The molecule has 0 spiro atoms. The van der Waals surface area contributed by atoms with Crippen molar-refractivity contribution in [3.8, 4) is 0 Å². The van der Waals surface area contributed by atoms with E-state index in [9.17, 15) is 4.79 Å². The molecule has 0 bridgehead atoms. The standard InChI is InChI=1S/C17H24N6O2/c1-13-4-5-15(14(2)10-13)11-23-17(18-19-20-23)22-8-6-21(7-9-22)16(24)12-25-3/h4-5,10H,6-9,11-12H2,1-3H3. The summed E-state index contributed by atoms with van der Waals surface area (Å²) in [6.45, 7) is 7.68. The van der Waals surface area contributed by atoms with E-state index in [1.807, 2.05) is 9.58 Å². The van der Waals surface area contributed by atoms with E-state index < -0.39 is 0 Å². The molecule has 2 heterocycles. The predicted octanol–water partition coefficient (Wildman–Crippen LogP) is 0.633. The Hall–Kier alpha value is -2.48. The van der Waals surface area contributed by atoms with E-state index in [1.54, 1.807) is 0 Å². The van der Waals surface area contributed by atoms with Gasteiger partial charge in [-0.1, -0.05) is 28.9 Å². The molecule has 8 nitrogen and oxygen atoms in total. The summed E-state index contributed by atoms with van der Waals surface area (Å²) in [5, 5.41) is 12.2. The topological polar surface area (TPSA) is 76.4 Å². The molecule has 0 radical (unpaired) electrons. The van der Waals surface area contributed by atoms with E-state index >= 15 is 0 Å². The van der Waals surface area contributed by atoms with Gasteiger partial charge in [-0.3, -0.25) is 4.79 Å². The summed E-state index contributed by atoms with van der Waals surface area (Å²) in [6, 6.07) is 6.39. The summed E-state index contributed by atoms with van der Waals surface area (Å²) in [5.74, 6) is 0.774. The minimum Gasteiger partial charge on any atom is -0.375 e. The van der Waals surface area contributed by atoms with E-state index in [0.29, 0.717) is 32.7 Å². The molecule has 1 saturated heterocycles. The molecule has 0 N–H and O–H groups in total. The molecule has 25 heavy (non-hydrogen) atoms. The minimum absolute atomic E-state index is 0.0250. The van der Waals surface area contributed by atoms with Gasteiger partial charge >= 0.3 is 0 Å². The maximum atomic E-state index is 11.9. The number of aromatic nitrogens is 4. The highest BCUT2D eigenvalue weighted by molar-refractivity contribution is 5.77. The maximum absolute atomic E-state index is 11.9. The van der Waals surface area contributed by atoms with Gasteiger partial charge in [-0.2, -0.15) is 0 Å². The monoisotopic (exact) mass is 344 g/mol. The van der Waals surface area contributed by atoms with Crippen molar-refractivity contribution < 1.29 is 9.53 Å². The average Bonchev–Trinajstić information content (AvgIpc) is 3.06. The highest BCUT2D eigenvalue weighted by atomic mass is 16.5. The van der Waals surface area contributed by atoms with Gasteiger partial charge in [0.2, 0.25) is 11.9 Å². The lowest BCUT2D eigenvalue weighted by atomic mass is 10.1. The number of anilines is 1. The first kappa shape index (κ1) is 17.3. The molecular formula is C17H24N6O2. The Morgan fingerprint density at radius 3 is 2.64 bits per heavy atom. The van der Waals surface area contributed by atoms with Gasteiger partial charge < -0.3 is 14.5 Å². The lowest BCUT2D eigenvalue weighted by Crippen LogP contribution is -2.50. The molecular weight excluding hydrogens is 320 g/mol. The zero-order valence-electron chi connectivity index (χ0n) is 15.0. The van der Waals surface area contributed by atoms with Crippen LogP contribution in [0.5, 0.6) is 0 Å². The van der Waals surface area contributed by atoms with Crippen molar-refractivity contribution in [2.45, 2.75) is 20.4 Å². The fourth-order valence-corrected chi connectivity index (χ4v) is 3.08. The van der Waals surface area contributed by atoms with Crippen LogP contribution in [0.2, 0.25) is 0 Å². The van der Waals surface area contributed by atoms with Crippen LogP contribution >= 0.6 is 0 Å². The van der Waals surface area contributed by atoms with Crippen LogP contribution in [0.1, 0.15) is 16.7 Å². The van der Waals surface area contributed by atoms with Crippen molar-refractivity contribution in [3.05, 3.63) is 34.9 Å². The summed E-state index contributed by atoms with van der Waals surface area (Å²) in [5.41, 5.74) is 3.68. The molecule has 1 fully saturated rings. The first-order valence-electron chi connectivity index (χ1n) is 8.42. The van der Waals surface area contributed by atoms with Crippen LogP contribution in [0.4, 0.5) is 5.95 Å². The van der Waals surface area contributed by atoms with Gasteiger partial charge in [0.15, 0.2) is 0 Å². The number of benzene rings is 1. The molecule has 0 aliphatic carbocycles. The molecule has 1 aliphatic rings. The lowest BCUT2D eigenvalue weighted by molar-refractivity contribution is -0.135. The molecule has 1 amide bonds. The molecule has 0 unspecified atom stereocenters. The van der Waals surface area contributed by atoms with Crippen LogP contribution in [-0.4, -0.2) is 70.9 Å². The van der Waals surface area contributed by atoms with Crippen LogP contribution < -0.4 is 4.90 Å². The Bertz CT molecular complexity index is 736. The van der Waals surface area contributed by atoms with Crippen LogP contribution in [0.3, 0.4) is 0 Å². The number of nitrogens with zero attached hydrogens (tertiary/aromatic N) is 6. The first-order valence-corrected chi connectivity index (χ1v) is 8.42. The van der Waals surface area contributed by atoms with Crippen molar-refractivity contribution in [1.82, 2.24) is 25.1 Å². The third kappa shape index (κ3) is 3.96. The van der Waals surface area contributed by atoms with Gasteiger partial charge in [0.1, 0.15) is 6.61 Å². The molecule has 2 aromatic rings. The fraction of sp³-hybridized carbons (Fsp3) is 0.529. The fourth-order valence-electron chi connectivity index (χ4n) is 3.08. The number of ether oxygens (including phenoxy) is 1. The number of hydrogen-bond donors (Lipinski definition) is 0. The van der Waals surface area contributed by atoms with E-state index in [1.165, 1.54) is 23.8 Å². The Morgan fingerprint density at radius 2 is 1.96 bits per heavy atom. The predicted molar refractivity (Wildman–Crippen MR) is 93.5 cm³/mol. The zero-order valence-corrected chi connectivity index (χ0v) is 15.0. The Balaban J connectivity index is 1.67. The molecule has 3 rings (SSSR count). The van der Waals surface area contributed by atoms with E-state index in [2.05, 4.69) is 52.5 Å². The van der Waals surface area contributed by atoms with Crippen molar-refractivity contribution in [3.63, 3.8) is 0 Å². The lowest BCUT2D eigenvalue weighted by Gasteiger charge is -2.34. The molecule has 0 atom stereocenters. The van der Waals surface area contributed by atoms with Crippen molar-refractivity contribution in [2.75, 3.05) is 44.8 Å². The number of hydrogen-bond acceptors (Lipinski definition) is 6. The molecule has 8 heteroatoms. The van der Waals surface area contributed by atoms with Gasteiger partial charge in [-0.05, 0) is 35.4 Å². The van der Waals surface area contributed by atoms with E-state index in [-0.39, 0.29) is 12.5 Å². The van der Waals surface area contributed by atoms with Gasteiger partial charge in [-0.15, -0.1) is 0 Å². The number of piperazine rings is 1. The number of tetrazole rings is 1. The normalized spacial score (nSPS) is 14.8. The van der Waals surface area contributed by atoms with Gasteiger partial charge in [0.05, 0.1) is 6.54 Å². The number of carbonyl (C=O) groups is 1. The van der Waals surface area contributed by atoms with Crippen LogP contribution in [0.25, 0.3) is 0 Å². The summed E-state index contributed by atoms with van der Waals surface area (Å²) < 4.78 is 6.74. The smallest absolute Gasteiger partial charge is 0.248 e. The number of aryl methyl sites for hydroxylation is 2. The SMILES string of the molecule is COCC(=O)N1CCN(c2nnnn2Cc2ccc(C)cc2C)CC1. The van der Waals surface area contributed by atoms with Crippen molar-refractivity contribution in [1.29, 1.82) is 0 Å². The minimum atomic E-state index is 0.0250. The largest absolute Gasteiger partial charge is 0.375 e. The Labute approximate surface area is 147 Å². The number of rotatable bonds is 5. The maximum Gasteiger partial charge on any atom is 0.248 e. The molecule has 1 aromatic heterocycles. The third-order valence-electron chi connectivity index (χ3n) is 4.51. The summed E-state index contributed by atoms with van der Waals surface area (Å²) in [6.07, 6.45) is 0. The Kier molecular flexibility index (Phi) is 5.28. The Morgan fingerprint density at radius 1 is 1.20 bits per heavy atom. The quantitative estimate of drug-likeness (QED) is 0.792. The van der Waals surface area contributed by atoms with E-state index in [4.69, 9.17) is 4.74 Å². The average molecular weight is 344 g/mol. The highest BCUT2D eigenvalue weighted by Gasteiger charge is 2.24. The van der Waals surface area contributed by atoms with Crippen LogP contribution in [0, 0.1) is 13.8 Å². The van der Waals surface area contributed by atoms with Crippen molar-refractivity contribution in [2.24, 2.45) is 0 Å². The molecule has 0 saturated carbocycles. The van der Waals surface area contributed by atoms with Crippen LogP contribution in [0.15, 0.2) is 18.2 Å². The molecule has 1 aromatic carbocycles. The second kappa shape index (κ2) is 7.60. The summed E-state index contributed by atoms with van der Waals surface area (Å²) >= 11 is 0. The molecule has 134 valence electrons. The van der Waals surface area contributed by atoms with Gasteiger partial charge in [-0.25, -0.2) is 4.68 Å². The molecule has 1 aliphatic heterocycles. The number of carbonyl (C=O) groups excluding carboxylic acids is 1. The zero-order chi connectivity index (χ0) is 17.8. The van der Waals surface area contributed by atoms with Crippen LogP contribution in [-0.2, 0) is 16.1 Å². The third-order valence-corrected chi connectivity index (χ3v) is 4.51. The summed E-state index contributed by atoms with van der Waals surface area (Å²) in [4.78, 5) is 15.8. The summed E-state index contributed by atoms with van der Waals surface area (Å²) in [7, 11) is 1.54. The van der Waals surface area contributed by atoms with E-state index in [0.717, 1.165) is 5.95 Å².